The van der Waals surface area contributed by atoms with Crippen molar-refractivity contribution in [3.63, 3.8) is 0 Å². The zero-order valence-corrected chi connectivity index (χ0v) is 24.6. The number of amides is 4. The SMILES string of the molecule is O=C1c2ccccc2C(=O)N1C1(C(=O)OC(=O)C2(N3C(=O)c4ccccc4C3=O)C(=O)c3ccccc3C2=O)C(=O)c2ccccc2C1=O. The molecule has 2 heterocycles. The molecule has 0 unspecified atom stereocenters. The number of hydrogen-bond acceptors (Lipinski definition) is 11. The lowest BCUT2D eigenvalue weighted by Crippen LogP contribution is -2.68. The second-order valence-corrected chi connectivity index (χ2v) is 11.5. The molecule has 2 aliphatic carbocycles. The van der Waals surface area contributed by atoms with Crippen LogP contribution in [0.3, 0.4) is 0 Å². The highest BCUT2D eigenvalue weighted by Crippen LogP contribution is 2.43. The van der Waals surface area contributed by atoms with Gasteiger partial charge in [-0.3, -0.25) is 38.4 Å². The average Bonchev–Trinajstić information content (AvgIpc) is 3.70. The molecule has 0 saturated heterocycles. The summed E-state index contributed by atoms with van der Waals surface area (Å²) in [7, 11) is 0. The molecule has 236 valence electrons. The maximum absolute atomic E-state index is 14.4. The molecule has 0 spiro atoms. The van der Waals surface area contributed by atoms with Gasteiger partial charge in [0.1, 0.15) is 0 Å². The predicted molar refractivity (Wildman–Crippen MR) is 161 cm³/mol. The largest absolute Gasteiger partial charge is 0.388 e. The van der Waals surface area contributed by atoms with Gasteiger partial charge in [0.15, 0.2) is 0 Å². The maximum Gasteiger partial charge on any atom is 0.356 e. The van der Waals surface area contributed by atoms with Crippen LogP contribution >= 0.6 is 0 Å². The highest BCUT2D eigenvalue weighted by molar-refractivity contribution is 6.49. The fourth-order valence-corrected chi connectivity index (χ4v) is 6.92. The van der Waals surface area contributed by atoms with Crippen LogP contribution in [0.1, 0.15) is 82.9 Å². The molecule has 0 radical (unpaired) electrons. The van der Waals surface area contributed by atoms with E-state index in [2.05, 4.69) is 0 Å². The van der Waals surface area contributed by atoms with Gasteiger partial charge in [0, 0.05) is 22.3 Å². The van der Waals surface area contributed by atoms with Crippen LogP contribution in [0, 0.1) is 0 Å². The fraction of sp³-hybridized carbons (Fsp3) is 0.0556. The van der Waals surface area contributed by atoms with E-state index in [9.17, 15) is 47.9 Å². The Morgan fingerprint density at radius 2 is 0.571 bits per heavy atom. The lowest BCUT2D eigenvalue weighted by Gasteiger charge is -2.34. The molecule has 4 amide bonds. The molecule has 13 nitrogen and oxygen atoms in total. The van der Waals surface area contributed by atoms with E-state index in [0.717, 1.165) is 24.3 Å². The Morgan fingerprint density at radius 3 is 0.796 bits per heavy atom. The Hall–Kier alpha value is -7.02. The van der Waals surface area contributed by atoms with E-state index in [1.807, 2.05) is 0 Å². The minimum absolute atomic E-state index is 0.0969. The van der Waals surface area contributed by atoms with Crippen molar-refractivity contribution in [2.45, 2.75) is 11.1 Å². The first kappa shape index (κ1) is 29.4. The van der Waals surface area contributed by atoms with Gasteiger partial charge in [0.2, 0.25) is 23.1 Å². The molecule has 8 rings (SSSR count). The third kappa shape index (κ3) is 3.32. The Bertz CT molecular complexity index is 2080. The summed E-state index contributed by atoms with van der Waals surface area (Å²) in [4.78, 5) is 141. The van der Waals surface area contributed by atoms with E-state index < -0.39 is 69.8 Å². The van der Waals surface area contributed by atoms with E-state index in [-0.39, 0.29) is 54.3 Å². The summed E-state index contributed by atoms with van der Waals surface area (Å²) in [6.07, 6.45) is 0. The molecular formula is C36H16N2O11. The van der Waals surface area contributed by atoms with Gasteiger partial charge in [-0.25, -0.2) is 19.4 Å². The van der Waals surface area contributed by atoms with E-state index in [0.29, 0.717) is 0 Å². The van der Waals surface area contributed by atoms with Crippen LogP contribution in [0.2, 0.25) is 0 Å². The smallest absolute Gasteiger partial charge is 0.356 e. The van der Waals surface area contributed by atoms with Crippen molar-refractivity contribution in [1.29, 1.82) is 0 Å². The number of esters is 2. The maximum atomic E-state index is 14.4. The number of fused-ring (bicyclic) bond motifs is 4. The quantitative estimate of drug-likeness (QED) is 0.179. The average molecular weight is 653 g/mol. The molecule has 13 heteroatoms. The lowest BCUT2D eigenvalue weighted by molar-refractivity contribution is -0.166. The van der Waals surface area contributed by atoms with Crippen LogP contribution in [-0.4, -0.2) is 79.6 Å². The van der Waals surface area contributed by atoms with Gasteiger partial charge < -0.3 is 4.74 Å². The van der Waals surface area contributed by atoms with Crippen LogP contribution in [0.4, 0.5) is 0 Å². The van der Waals surface area contributed by atoms with Crippen molar-refractivity contribution in [2.75, 3.05) is 0 Å². The number of benzene rings is 4. The number of carbonyl (C=O) groups excluding carboxylic acids is 10. The summed E-state index contributed by atoms with van der Waals surface area (Å²) in [6, 6.07) is 20.5. The molecule has 0 aromatic heterocycles. The van der Waals surface area contributed by atoms with Crippen molar-refractivity contribution in [2.24, 2.45) is 0 Å². The molecule has 4 aromatic rings. The third-order valence-electron chi connectivity index (χ3n) is 9.18. The molecule has 0 bridgehead atoms. The predicted octanol–water partition coefficient (Wildman–Crippen LogP) is 2.28. The molecule has 0 fully saturated rings. The topological polar surface area (TPSA) is 186 Å². The Labute approximate surface area is 273 Å². The minimum Gasteiger partial charge on any atom is -0.388 e. The Kier molecular flexibility index (Phi) is 5.85. The Morgan fingerprint density at radius 1 is 0.367 bits per heavy atom. The number of carbonyl (C=O) groups is 10. The number of hydrogen-bond donors (Lipinski definition) is 0. The van der Waals surface area contributed by atoms with Gasteiger partial charge in [-0.15, -0.1) is 0 Å². The van der Waals surface area contributed by atoms with Crippen molar-refractivity contribution < 1.29 is 52.7 Å². The van der Waals surface area contributed by atoms with Gasteiger partial charge in [0.25, 0.3) is 34.7 Å². The van der Waals surface area contributed by atoms with E-state index in [1.165, 1.54) is 72.8 Å². The Balaban J connectivity index is 1.30. The summed E-state index contributed by atoms with van der Waals surface area (Å²) in [5, 5.41) is 0. The molecule has 0 N–H and O–H groups in total. The van der Waals surface area contributed by atoms with E-state index in [4.69, 9.17) is 4.74 Å². The molecule has 2 aliphatic heterocycles. The fourth-order valence-electron chi connectivity index (χ4n) is 6.92. The normalized spacial score (nSPS) is 18.1. The zero-order valence-electron chi connectivity index (χ0n) is 24.6. The number of Topliss-reactive ketones (excluding diaryl/α,β-unsaturated/α-hetero) is 4. The molecule has 0 saturated carbocycles. The second kappa shape index (κ2) is 9.75. The van der Waals surface area contributed by atoms with Crippen LogP contribution in [-0.2, 0) is 14.3 Å². The zero-order chi connectivity index (χ0) is 34.6. The summed E-state index contributed by atoms with van der Waals surface area (Å²) in [5.74, 6) is -14.8. The van der Waals surface area contributed by atoms with Gasteiger partial charge in [0.05, 0.1) is 22.3 Å². The third-order valence-corrected chi connectivity index (χ3v) is 9.18. The summed E-state index contributed by atoms with van der Waals surface area (Å²) in [6.45, 7) is 0. The highest BCUT2D eigenvalue weighted by atomic mass is 16.6. The molecule has 4 aromatic carbocycles. The number of nitrogens with zero attached hydrogens (tertiary/aromatic N) is 2. The first-order valence-electron chi connectivity index (χ1n) is 14.6. The molecule has 49 heavy (non-hydrogen) atoms. The summed E-state index contributed by atoms with van der Waals surface area (Å²) >= 11 is 0. The van der Waals surface area contributed by atoms with E-state index >= 15 is 0 Å². The molecular weight excluding hydrogens is 636 g/mol. The number of imide groups is 2. The monoisotopic (exact) mass is 652 g/mol. The van der Waals surface area contributed by atoms with Gasteiger partial charge >= 0.3 is 11.9 Å². The number of ketones is 4. The summed E-state index contributed by atoms with van der Waals surface area (Å²) < 4.78 is 5.13. The second-order valence-electron chi connectivity index (χ2n) is 11.5. The van der Waals surface area contributed by atoms with Crippen molar-refractivity contribution in [3.05, 3.63) is 142 Å². The minimum atomic E-state index is -3.47. The van der Waals surface area contributed by atoms with Gasteiger partial charge in [-0.05, 0) is 24.3 Å². The van der Waals surface area contributed by atoms with Gasteiger partial charge in [-0.2, -0.15) is 0 Å². The highest BCUT2D eigenvalue weighted by Gasteiger charge is 2.72. The first-order chi connectivity index (χ1) is 23.5. The first-order valence-corrected chi connectivity index (χ1v) is 14.6. The van der Waals surface area contributed by atoms with Crippen molar-refractivity contribution in [3.8, 4) is 0 Å². The molecule has 4 aliphatic rings. The van der Waals surface area contributed by atoms with E-state index in [1.54, 1.807) is 0 Å². The number of ether oxygens (including phenoxy) is 1. The van der Waals surface area contributed by atoms with Crippen molar-refractivity contribution in [1.82, 2.24) is 9.80 Å². The van der Waals surface area contributed by atoms with Crippen LogP contribution in [0.5, 0.6) is 0 Å². The molecule has 0 atom stereocenters. The van der Waals surface area contributed by atoms with Crippen molar-refractivity contribution >= 4 is 58.7 Å². The summed E-state index contributed by atoms with van der Waals surface area (Å²) in [5.41, 5.74) is -9.52. The standard InChI is InChI=1S/C36H16N2O11/c39-25-17-9-1-2-10-18(17)26(40)35(25,37-29(43)21-13-5-6-14-22(21)30(37)44)33(47)49-34(48)36(27(41)19-11-3-4-12-20(19)28(36)42)38-31(45)23-15-7-8-16-24(23)32(38)46/h1-16H. The van der Waals surface area contributed by atoms with Crippen LogP contribution in [0.25, 0.3) is 0 Å². The van der Waals surface area contributed by atoms with Crippen LogP contribution < -0.4 is 0 Å². The lowest BCUT2D eigenvalue weighted by atomic mass is 9.88. The van der Waals surface area contributed by atoms with Gasteiger partial charge in [-0.1, -0.05) is 72.8 Å². The van der Waals surface area contributed by atoms with Crippen LogP contribution in [0.15, 0.2) is 97.1 Å². The number of rotatable bonds is 4.